The smallest absolute Gasteiger partial charge is 0.236 e. The molecule has 0 aromatic heterocycles. The summed E-state index contributed by atoms with van der Waals surface area (Å²) in [6, 6.07) is 8.02. The lowest BCUT2D eigenvalue weighted by Crippen LogP contribution is -2.41. The molecule has 0 aliphatic carbocycles. The lowest BCUT2D eigenvalue weighted by molar-refractivity contribution is -0.130. The number of rotatable bonds is 8. The summed E-state index contributed by atoms with van der Waals surface area (Å²) in [5.41, 5.74) is 1.11. The second-order valence-corrected chi connectivity index (χ2v) is 4.79. The van der Waals surface area contributed by atoms with Gasteiger partial charge in [0.2, 0.25) is 5.91 Å². The van der Waals surface area contributed by atoms with E-state index in [2.05, 4.69) is 11.9 Å². The molecule has 1 aromatic rings. The van der Waals surface area contributed by atoms with Crippen LogP contribution in [0.2, 0.25) is 0 Å². The molecule has 1 amide bonds. The van der Waals surface area contributed by atoms with Crippen LogP contribution in [0.1, 0.15) is 12.5 Å². The minimum atomic E-state index is 0.0780. The largest absolute Gasteiger partial charge is 0.496 e. The van der Waals surface area contributed by atoms with E-state index in [1.165, 1.54) is 0 Å². The van der Waals surface area contributed by atoms with Crippen LogP contribution in [0.4, 0.5) is 0 Å². The van der Waals surface area contributed by atoms with Gasteiger partial charge >= 0.3 is 0 Å². The maximum atomic E-state index is 12.0. The predicted octanol–water partition coefficient (Wildman–Crippen LogP) is 1.86. The Kier molecular flexibility index (Phi) is 6.81. The summed E-state index contributed by atoms with van der Waals surface area (Å²) in [5.74, 6) is 0.944. The molecule has 1 unspecified atom stereocenters. The van der Waals surface area contributed by atoms with Gasteiger partial charge in [0.1, 0.15) is 5.75 Å². The SMILES string of the molecule is C=CCNCC(=O)N(C)C(C)Cc1ccccc1OC. The van der Waals surface area contributed by atoms with Crippen molar-refractivity contribution in [3.05, 3.63) is 42.5 Å². The summed E-state index contributed by atoms with van der Waals surface area (Å²) in [4.78, 5) is 13.8. The van der Waals surface area contributed by atoms with E-state index in [0.29, 0.717) is 13.1 Å². The molecule has 0 fully saturated rings. The van der Waals surface area contributed by atoms with E-state index in [1.807, 2.05) is 38.2 Å². The number of carbonyl (C=O) groups excluding carboxylic acids is 1. The molecule has 0 aliphatic heterocycles. The van der Waals surface area contributed by atoms with Gasteiger partial charge in [0, 0.05) is 19.6 Å². The number of hydrogen-bond acceptors (Lipinski definition) is 3. The average molecular weight is 276 g/mol. The molecule has 20 heavy (non-hydrogen) atoms. The van der Waals surface area contributed by atoms with E-state index in [9.17, 15) is 4.79 Å². The van der Waals surface area contributed by atoms with Gasteiger partial charge in [0.15, 0.2) is 0 Å². The van der Waals surface area contributed by atoms with E-state index >= 15 is 0 Å². The number of carbonyl (C=O) groups is 1. The minimum Gasteiger partial charge on any atom is -0.496 e. The van der Waals surface area contributed by atoms with Crippen LogP contribution in [-0.4, -0.2) is 44.1 Å². The van der Waals surface area contributed by atoms with Crippen LogP contribution < -0.4 is 10.1 Å². The molecule has 0 bridgehead atoms. The second-order valence-electron chi connectivity index (χ2n) is 4.79. The number of nitrogens with zero attached hydrogens (tertiary/aromatic N) is 1. The lowest BCUT2D eigenvalue weighted by Gasteiger charge is -2.25. The monoisotopic (exact) mass is 276 g/mol. The minimum absolute atomic E-state index is 0.0780. The zero-order valence-corrected chi connectivity index (χ0v) is 12.6. The molecule has 4 nitrogen and oxygen atoms in total. The summed E-state index contributed by atoms with van der Waals surface area (Å²) >= 11 is 0. The summed E-state index contributed by atoms with van der Waals surface area (Å²) in [5, 5.41) is 3.02. The highest BCUT2D eigenvalue weighted by Crippen LogP contribution is 2.20. The number of nitrogens with one attached hydrogen (secondary N) is 1. The molecule has 1 rings (SSSR count). The summed E-state index contributed by atoms with van der Waals surface area (Å²) in [6.45, 7) is 6.62. The van der Waals surface area contributed by atoms with E-state index in [1.54, 1.807) is 18.1 Å². The van der Waals surface area contributed by atoms with E-state index in [0.717, 1.165) is 17.7 Å². The molecular weight excluding hydrogens is 252 g/mol. The first kappa shape index (κ1) is 16.2. The Morgan fingerprint density at radius 1 is 1.50 bits per heavy atom. The number of para-hydroxylation sites is 1. The van der Waals surface area contributed by atoms with Crippen LogP contribution in [0.15, 0.2) is 36.9 Å². The predicted molar refractivity (Wildman–Crippen MR) is 82.0 cm³/mol. The Morgan fingerprint density at radius 3 is 2.85 bits per heavy atom. The number of benzene rings is 1. The summed E-state index contributed by atoms with van der Waals surface area (Å²) in [6.07, 6.45) is 2.51. The Balaban J connectivity index is 2.58. The number of hydrogen-bond donors (Lipinski definition) is 1. The molecule has 0 saturated heterocycles. The van der Waals surface area contributed by atoms with Crippen LogP contribution in [-0.2, 0) is 11.2 Å². The average Bonchev–Trinajstić information content (AvgIpc) is 2.47. The first-order valence-corrected chi connectivity index (χ1v) is 6.79. The van der Waals surface area contributed by atoms with Crippen LogP contribution in [0.5, 0.6) is 5.75 Å². The Morgan fingerprint density at radius 2 is 2.20 bits per heavy atom. The molecule has 1 atom stereocenters. The molecule has 0 aliphatic rings. The third-order valence-corrected chi connectivity index (χ3v) is 3.33. The fraction of sp³-hybridized carbons (Fsp3) is 0.438. The molecule has 0 spiro atoms. The first-order valence-electron chi connectivity index (χ1n) is 6.79. The molecule has 1 N–H and O–H groups in total. The van der Waals surface area contributed by atoms with Crippen molar-refractivity contribution < 1.29 is 9.53 Å². The van der Waals surface area contributed by atoms with Crippen molar-refractivity contribution in [1.82, 2.24) is 10.2 Å². The van der Waals surface area contributed by atoms with Gasteiger partial charge in [-0.05, 0) is 25.0 Å². The van der Waals surface area contributed by atoms with Gasteiger partial charge in [-0.15, -0.1) is 6.58 Å². The van der Waals surface area contributed by atoms with Crippen molar-refractivity contribution in [2.45, 2.75) is 19.4 Å². The van der Waals surface area contributed by atoms with Crippen LogP contribution in [0.25, 0.3) is 0 Å². The van der Waals surface area contributed by atoms with Crippen molar-refractivity contribution in [1.29, 1.82) is 0 Å². The molecule has 0 saturated carbocycles. The van der Waals surface area contributed by atoms with Gasteiger partial charge < -0.3 is 15.0 Å². The quantitative estimate of drug-likeness (QED) is 0.582. The van der Waals surface area contributed by atoms with Crippen LogP contribution in [0, 0.1) is 0 Å². The van der Waals surface area contributed by atoms with Crippen LogP contribution >= 0.6 is 0 Å². The zero-order valence-electron chi connectivity index (χ0n) is 12.6. The topological polar surface area (TPSA) is 41.6 Å². The molecule has 110 valence electrons. The number of methoxy groups -OCH3 is 1. The second kappa shape index (κ2) is 8.38. The van der Waals surface area contributed by atoms with Crippen molar-refractivity contribution in [3.63, 3.8) is 0 Å². The Hall–Kier alpha value is -1.81. The fourth-order valence-electron chi connectivity index (χ4n) is 1.98. The van der Waals surface area contributed by atoms with Gasteiger partial charge in [-0.25, -0.2) is 0 Å². The first-order chi connectivity index (χ1) is 9.60. The maximum absolute atomic E-state index is 12.0. The van der Waals surface area contributed by atoms with Crippen molar-refractivity contribution in [2.24, 2.45) is 0 Å². The third kappa shape index (κ3) is 4.70. The molecular formula is C16H24N2O2. The number of likely N-dealkylation sites (N-methyl/N-ethyl adjacent to an activating group) is 1. The van der Waals surface area contributed by atoms with Crippen molar-refractivity contribution in [3.8, 4) is 5.75 Å². The standard InChI is InChI=1S/C16H24N2O2/c1-5-10-17-12-16(19)18(3)13(2)11-14-8-6-7-9-15(14)20-4/h5-9,13,17H,1,10-12H2,2-4H3. The molecule has 0 radical (unpaired) electrons. The van der Waals surface area contributed by atoms with E-state index in [-0.39, 0.29) is 11.9 Å². The van der Waals surface area contributed by atoms with Gasteiger partial charge in [-0.1, -0.05) is 24.3 Å². The van der Waals surface area contributed by atoms with Gasteiger partial charge in [0.05, 0.1) is 13.7 Å². The lowest BCUT2D eigenvalue weighted by atomic mass is 10.1. The number of amides is 1. The maximum Gasteiger partial charge on any atom is 0.236 e. The van der Waals surface area contributed by atoms with Gasteiger partial charge in [0.25, 0.3) is 0 Å². The van der Waals surface area contributed by atoms with Gasteiger partial charge in [-0.2, -0.15) is 0 Å². The van der Waals surface area contributed by atoms with E-state index < -0.39 is 0 Å². The fourth-order valence-corrected chi connectivity index (χ4v) is 1.98. The third-order valence-electron chi connectivity index (χ3n) is 3.33. The molecule has 0 heterocycles. The Bertz CT molecular complexity index is 446. The normalized spacial score (nSPS) is 11.8. The van der Waals surface area contributed by atoms with Gasteiger partial charge in [-0.3, -0.25) is 4.79 Å². The summed E-state index contributed by atoms with van der Waals surface area (Å²) < 4.78 is 5.34. The molecule has 1 aromatic carbocycles. The highest BCUT2D eigenvalue weighted by molar-refractivity contribution is 5.78. The highest BCUT2D eigenvalue weighted by atomic mass is 16.5. The number of ether oxygens (including phenoxy) is 1. The summed E-state index contributed by atoms with van der Waals surface area (Å²) in [7, 11) is 3.50. The zero-order chi connectivity index (χ0) is 15.0. The molecule has 4 heteroatoms. The van der Waals surface area contributed by atoms with Crippen LogP contribution in [0.3, 0.4) is 0 Å². The van der Waals surface area contributed by atoms with Crippen molar-refractivity contribution in [2.75, 3.05) is 27.2 Å². The van der Waals surface area contributed by atoms with Crippen molar-refractivity contribution >= 4 is 5.91 Å². The van der Waals surface area contributed by atoms with E-state index in [4.69, 9.17) is 4.74 Å². The highest BCUT2D eigenvalue weighted by Gasteiger charge is 2.16. The Labute approximate surface area is 121 Å².